The molecule has 0 N–H and O–H groups in total. The zero-order chi connectivity index (χ0) is 22.8. The predicted octanol–water partition coefficient (Wildman–Crippen LogP) is 4.59. The highest BCUT2D eigenvalue weighted by Gasteiger charge is 2.28. The number of carbonyl (C=O) groups is 1. The minimum absolute atomic E-state index is 0. The molecule has 2 aliphatic rings. The number of pyridine rings is 1. The maximum absolute atomic E-state index is 12.5. The van der Waals surface area contributed by atoms with E-state index in [9.17, 15) is 4.79 Å². The van der Waals surface area contributed by atoms with Crippen LogP contribution in [-0.2, 0) is 6.42 Å². The van der Waals surface area contributed by atoms with Crippen LogP contribution >= 0.6 is 12.4 Å². The molecule has 2 fully saturated rings. The van der Waals surface area contributed by atoms with Crippen LogP contribution in [0.1, 0.15) is 18.2 Å². The van der Waals surface area contributed by atoms with Gasteiger partial charge in [0, 0.05) is 74.8 Å². The van der Waals surface area contributed by atoms with Crippen LogP contribution in [0.15, 0.2) is 54.6 Å². The zero-order valence-corrected chi connectivity index (χ0v) is 20.9. The summed E-state index contributed by atoms with van der Waals surface area (Å²) in [7, 11) is 0. The summed E-state index contributed by atoms with van der Waals surface area (Å²) < 4.78 is 0. The molecule has 0 atom stereocenters. The fourth-order valence-electron chi connectivity index (χ4n) is 5.01. The first-order valence-corrected chi connectivity index (χ1v) is 12.1. The smallest absolute Gasteiger partial charge is 0.324 e. The van der Waals surface area contributed by atoms with Crippen LogP contribution in [0.3, 0.4) is 0 Å². The molecule has 0 aliphatic carbocycles. The summed E-state index contributed by atoms with van der Waals surface area (Å²) >= 11 is 0. The molecule has 2 aliphatic heterocycles. The molecule has 1 aromatic heterocycles. The summed E-state index contributed by atoms with van der Waals surface area (Å²) in [5.74, 6) is 0. The van der Waals surface area contributed by atoms with Crippen molar-refractivity contribution in [3.63, 3.8) is 0 Å². The van der Waals surface area contributed by atoms with Gasteiger partial charge in [-0.05, 0) is 62.2 Å². The Morgan fingerprint density at radius 1 is 0.912 bits per heavy atom. The number of anilines is 2. The summed E-state index contributed by atoms with van der Waals surface area (Å²) in [5.41, 5.74) is 5.76. The summed E-state index contributed by atoms with van der Waals surface area (Å²) in [4.78, 5) is 26.1. The number of aromatic nitrogens is 1. The van der Waals surface area contributed by atoms with E-state index in [4.69, 9.17) is 4.98 Å². The largest absolute Gasteiger partial charge is 0.368 e. The minimum Gasteiger partial charge on any atom is -0.368 e. The second-order valence-electron chi connectivity index (χ2n) is 9.06. The predicted molar refractivity (Wildman–Crippen MR) is 143 cm³/mol. The van der Waals surface area contributed by atoms with Crippen LogP contribution in [0.5, 0.6) is 0 Å². The molecule has 0 bridgehead atoms. The van der Waals surface area contributed by atoms with Gasteiger partial charge in [0.1, 0.15) is 0 Å². The van der Waals surface area contributed by atoms with E-state index in [1.807, 2.05) is 23.6 Å². The average Bonchev–Trinajstić information content (AvgIpc) is 3.23. The fourth-order valence-corrected chi connectivity index (χ4v) is 5.01. The van der Waals surface area contributed by atoms with Crippen molar-refractivity contribution < 1.29 is 4.79 Å². The van der Waals surface area contributed by atoms with Crippen molar-refractivity contribution in [2.45, 2.75) is 20.3 Å². The number of benzene rings is 2. The molecule has 0 radical (unpaired) electrons. The number of amides is 2. The molecule has 0 spiro atoms. The zero-order valence-electron chi connectivity index (χ0n) is 20.1. The number of likely N-dealkylation sites (N-methyl/N-ethyl adjacent to an activating group) is 1. The summed E-state index contributed by atoms with van der Waals surface area (Å²) in [6.07, 6.45) is 1.00. The van der Waals surface area contributed by atoms with Gasteiger partial charge in [0.25, 0.3) is 0 Å². The monoisotopic (exact) mass is 479 g/mol. The molecule has 2 aromatic carbocycles. The van der Waals surface area contributed by atoms with Crippen molar-refractivity contribution in [1.29, 1.82) is 0 Å². The average molecular weight is 480 g/mol. The van der Waals surface area contributed by atoms with E-state index in [1.165, 1.54) is 16.6 Å². The summed E-state index contributed by atoms with van der Waals surface area (Å²) in [6, 6.07) is 19.4. The van der Waals surface area contributed by atoms with Crippen molar-refractivity contribution in [2.75, 3.05) is 62.2 Å². The number of halogens is 1. The van der Waals surface area contributed by atoms with Crippen LogP contribution in [0.2, 0.25) is 0 Å². The molecule has 2 amide bonds. The van der Waals surface area contributed by atoms with Crippen LogP contribution in [0.25, 0.3) is 10.9 Å². The van der Waals surface area contributed by atoms with E-state index in [0.29, 0.717) is 0 Å². The number of fused-ring (bicyclic) bond motifs is 1. The van der Waals surface area contributed by atoms with Gasteiger partial charge < -0.3 is 9.80 Å². The number of nitrogens with zero attached hydrogens (tertiary/aromatic N) is 5. The van der Waals surface area contributed by atoms with Crippen molar-refractivity contribution in [3.05, 3.63) is 65.9 Å². The maximum Gasteiger partial charge on any atom is 0.324 e. The highest BCUT2D eigenvalue weighted by atomic mass is 35.5. The lowest BCUT2D eigenvalue weighted by molar-refractivity contribution is 0.223. The molecule has 3 aromatic rings. The Balaban J connectivity index is 0.00000274. The molecule has 7 heteroatoms. The number of rotatable bonds is 6. The molecule has 34 heavy (non-hydrogen) atoms. The number of piperazine rings is 1. The summed E-state index contributed by atoms with van der Waals surface area (Å²) in [5, 5.41) is 1.24. The van der Waals surface area contributed by atoms with E-state index in [0.717, 1.165) is 75.7 Å². The van der Waals surface area contributed by atoms with Crippen LogP contribution in [0.4, 0.5) is 16.2 Å². The molecular formula is C27H34ClN5O. The van der Waals surface area contributed by atoms with Crippen molar-refractivity contribution in [1.82, 2.24) is 14.8 Å². The number of hydrogen-bond donors (Lipinski definition) is 0. The van der Waals surface area contributed by atoms with Gasteiger partial charge in [-0.15, -0.1) is 12.4 Å². The Bertz CT molecular complexity index is 1140. The van der Waals surface area contributed by atoms with Gasteiger partial charge >= 0.3 is 6.03 Å². The highest BCUT2D eigenvalue weighted by Crippen LogP contribution is 2.27. The third kappa shape index (κ3) is 4.98. The molecule has 0 unspecified atom stereocenters. The van der Waals surface area contributed by atoms with Gasteiger partial charge in [0.05, 0.1) is 5.52 Å². The normalized spacial score (nSPS) is 16.9. The number of carbonyl (C=O) groups excluding carboxylic acids is 1. The Morgan fingerprint density at radius 2 is 1.71 bits per heavy atom. The van der Waals surface area contributed by atoms with E-state index in [-0.39, 0.29) is 18.4 Å². The first-order valence-electron chi connectivity index (χ1n) is 12.1. The Kier molecular flexibility index (Phi) is 7.59. The third-order valence-electron chi connectivity index (χ3n) is 6.98. The second kappa shape index (κ2) is 10.6. The Labute approximate surface area is 208 Å². The molecule has 2 saturated heterocycles. The number of urea groups is 1. The van der Waals surface area contributed by atoms with E-state index < -0.39 is 0 Å². The van der Waals surface area contributed by atoms with Crippen LogP contribution < -0.4 is 9.80 Å². The second-order valence-corrected chi connectivity index (χ2v) is 9.06. The van der Waals surface area contributed by atoms with Gasteiger partial charge in [0.2, 0.25) is 0 Å². The minimum atomic E-state index is 0. The topological polar surface area (TPSA) is 42.9 Å². The third-order valence-corrected chi connectivity index (χ3v) is 6.98. The van der Waals surface area contributed by atoms with Gasteiger partial charge in [-0.1, -0.05) is 18.2 Å². The van der Waals surface area contributed by atoms with Crippen molar-refractivity contribution in [3.8, 4) is 0 Å². The lowest BCUT2D eigenvalue weighted by Gasteiger charge is -2.36. The highest BCUT2D eigenvalue weighted by molar-refractivity contribution is 5.94. The van der Waals surface area contributed by atoms with Gasteiger partial charge in [0.15, 0.2) is 0 Å². The summed E-state index contributed by atoms with van der Waals surface area (Å²) in [6.45, 7) is 11.7. The standard InChI is InChI=1S/C27H33N5O.ClH/c1-3-30-18-19-32(27(30)33)23-7-4-6-22(20-23)12-13-29-14-16-31(17-15-29)26-9-5-8-25-24(26)11-10-21(2)28-25;/h4-11,20H,3,12-19H2,1-2H3;1H. The Morgan fingerprint density at radius 3 is 2.47 bits per heavy atom. The quantitative estimate of drug-likeness (QED) is 0.518. The van der Waals surface area contributed by atoms with Crippen molar-refractivity contribution in [2.24, 2.45) is 0 Å². The first kappa shape index (κ1) is 24.3. The Hall–Kier alpha value is -2.83. The van der Waals surface area contributed by atoms with Crippen molar-refractivity contribution >= 4 is 40.7 Å². The maximum atomic E-state index is 12.5. The molecule has 0 saturated carbocycles. The molecule has 5 rings (SSSR count). The SMILES string of the molecule is CCN1CCN(c2cccc(CCN3CCN(c4cccc5nc(C)ccc45)CC3)c2)C1=O.Cl. The lowest BCUT2D eigenvalue weighted by atomic mass is 10.1. The molecule has 3 heterocycles. The van der Waals surface area contributed by atoms with E-state index in [1.54, 1.807) is 0 Å². The van der Waals surface area contributed by atoms with Crippen LogP contribution in [0, 0.1) is 6.92 Å². The number of aryl methyl sites for hydroxylation is 1. The first-order chi connectivity index (χ1) is 16.1. The number of hydrogen-bond acceptors (Lipinski definition) is 4. The van der Waals surface area contributed by atoms with E-state index in [2.05, 4.69) is 64.4 Å². The van der Waals surface area contributed by atoms with Gasteiger partial charge in [-0.3, -0.25) is 14.8 Å². The van der Waals surface area contributed by atoms with Gasteiger partial charge in [-0.2, -0.15) is 0 Å². The van der Waals surface area contributed by atoms with E-state index >= 15 is 0 Å². The van der Waals surface area contributed by atoms with Crippen LogP contribution in [-0.4, -0.2) is 73.2 Å². The fraction of sp³-hybridized carbons (Fsp3) is 0.407. The molecular weight excluding hydrogens is 446 g/mol. The molecule has 180 valence electrons. The lowest BCUT2D eigenvalue weighted by Crippen LogP contribution is -2.47. The molecule has 6 nitrogen and oxygen atoms in total. The van der Waals surface area contributed by atoms with Gasteiger partial charge in [-0.25, -0.2) is 4.79 Å².